The van der Waals surface area contributed by atoms with Gasteiger partial charge < -0.3 is 20.4 Å². The number of benzene rings is 2. The molecule has 0 fully saturated rings. The number of carbonyl (C=O) groups is 2. The number of amides is 2. The van der Waals surface area contributed by atoms with Crippen LogP contribution in [0.2, 0.25) is 0 Å². The molecule has 0 unspecified atom stereocenters. The minimum atomic E-state index is -0.901. The Labute approximate surface area is 191 Å². The van der Waals surface area contributed by atoms with Crippen LogP contribution in [0.3, 0.4) is 0 Å². The zero-order valence-corrected chi connectivity index (χ0v) is 18.3. The Hall–Kier alpha value is -3.73. The van der Waals surface area contributed by atoms with Crippen LogP contribution in [0.1, 0.15) is 11.3 Å². The first-order chi connectivity index (χ1) is 15.8. The molecule has 8 nitrogen and oxygen atoms in total. The molecule has 2 aromatic carbocycles. The van der Waals surface area contributed by atoms with Crippen LogP contribution < -0.4 is 20.9 Å². The highest BCUT2D eigenvalue weighted by molar-refractivity contribution is 7.99. The Morgan fingerprint density at radius 2 is 1.94 bits per heavy atom. The maximum atomic E-state index is 13.6. The fourth-order valence-electron chi connectivity index (χ4n) is 2.76. The number of hydrogen-bond acceptors (Lipinski definition) is 6. The SMILES string of the molecule is COc1cccc(CNC(=O)Cc2cc(=O)[nH]c(SCC(=O)Nc3ccc(F)cc3F)n2)c1. The first-order valence-electron chi connectivity index (χ1n) is 9.70. The Bertz CT molecular complexity index is 1220. The second kappa shape index (κ2) is 11.2. The summed E-state index contributed by atoms with van der Waals surface area (Å²) in [6.45, 7) is 0.279. The predicted molar refractivity (Wildman–Crippen MR) is 119 cm³/mol. The molecule has 0 atom stereocenters. The number of rotatable bonds is 9. The third kappa shape index (κ3) is 7.42. The summed E-state index contributed by atoms with van der Waals surface area (Å²) in [5, 5.41) is 5.19. The molecule has 0 aliphatic rings. The van der Waals surface area contributed by atoms with E-state index in [4.69, 9.17) is 4.74 Å². The molecule has 0 radical (unpaired) electrons. The molecule has 3 rings (SSSR count). The first-order valence-corrected chi connectivity index (χ1v) is 10.7. The van der Waals surface area contributed by atoms with Gasteiger partial charge in [0.2, 0.25) is 11.8 Å². The van der Waals surface area contributed by atoms with Crippen molar-refractivity contribution in [3.63, 3.8) is 0 Å². The normalized spacial score (nSPS) is 10.5. The van der Waals surface area contributed by atoms with Gasteiger partial charge in [0, 0.05) is 18.7 Å². The van der Waals surface area contributed by atoms with Gasteiger partial charge in [-0.05, 0) is 29.8 Å². The molecule has 0 saturated heterocycles. The van der Waals surface area contributed by atoms with E-state index in [0.29, 0.717) is 11.8 Å². The van der Waals surface area contributed by atoms with E-state index in [1.165, 1.54) is 6.07 Å². The molecular weight excluding hydrogens is 454 g/mol. The highest BCUT2D eigenvalue weighted by Crippen LogP contribution is 2.17. The van der Waals surface area contributed by atoms with Gasteiger partial charge in [0.05, 0.1) is 30.7 Å². The molecular formula is C22H20F2N4O4S. The van der Waals surface area contributed by atoms with E-state index in [0.717, 1.165) is 29.5 Å². The third-order valence-corrected chi connectivity index (χ3v) is 5.16. The average molecular weight is 474 g/mol. The van der Waals surface area contributed by atoms with Gasteiger partial charge in [0.15, 0.2) is 5.16 Å². The number of aromatic nitrogens is 2. The Kier molecular flexibility index (Phi) is 8.14. The van der Waals surface area contributed by atoms with Crippen molar-refractivity contribution < 1.29 is 23.1 Å². The summed E-state index contributed by atoms with van der Waals surface area (Å²) in [7, 11) is 1.55. The van der Waals surface area contributed by atoms with E-state index in [2.05, 4.69) is 20.6 Å². The molecule has 33 heavy (non-hydrogen) atoms. The van der Waals surface area contributed by atoms with Gasteiger partial charge in [-0.15, -0.1) is 0 Å². The van der Waals surface area contributed by atoms with E-state index in [1.807, 2.05) is 12.1 Å². The first kappa shape index (κ1) is 23.9. The summed E-state index contributed by atoms with van der Waals surface area (Å²) >= 11 is 0.906. The third-order valence-electron chi connectivity index (χ3n) is 4.28. The van der Waals surface area contributed by atoms with E-state index in [-0.39, 0.29) is 41.2 Å². The van der Waals surface area contributed by atoms with Crippen LogP contribution in [0.4, 0.5) is 14.5 Å². The largest absolute Gasteiger partial charge is 0.497 e. The summed E-state index contributed by atoms with van der Waals surface area (Å²) in [5.41, 5.74) is 0.439. The number of anilines is 1. The van der Waals surface area contributed by atoms with Gasteiger partial charge >= 0.3 is 0 Å². The lowest BCUT2D eigenvalue weighted by atomic mass is 10.2. The number of thioether (sulfide) groups is 1. The van der Waals surface area contributed by atoms with Gasteiger partial charge in [-0.25, -0.2) is 13.8 Å². The number of aromatic amines is 1. The molecule has 172 valence electrons. The Morgan fingerprint density at radius 1 is 1.12 bits per heavy atom. The molecule has 0 spiro atoms. The van der Waals surface area contributed by atoms with Crippen molar-refractivity contribution >= 4 is 29.3 Å². The van der Waals surface area contributed by atoms with Gasteiger partial charge in [-0.2, -0.15) is 0 Å². The van der Waals surface area contributed by atoms with Crippen molar-refractivity contribution in [2.45, 2.75) is 18.1 Å². The van der Waals surface area contributed by atoms with E-state index < -0.39 is 23.1 Å². The number of H-pyrrole nitrogens is 1. The maximum absolute atomic E-state index is 13.6. The van der Waals surface area contributed by atoms with Crippen molar-refractivity contribution in [1.29, 1.82) is 0 Å². The van der Waals surface area contributed by atoms with Gasteiger partial charge in [-0.1, -0.05) is 23.9 Å². The molecule has 0 aliphatic carbocycles. The van der Waals surface area contributed by atoms with Gasteiger partial charge in [0.25, 0.3) is 5.56 Å². The van der Waals surface area contributed by atoms with Gasteiger partial charge in [-0.3, -0.25) is 14.4 Å². The monoisotopic (exact) mass is 474 g/mol. The quantitative estimate of drug-likeness (QED) is 0.325. The van der Waals surface area contributed by atoms with Crippen LogP contribution in [0.15, 0.2) is 58.5 Å². The van der Waals surface area contributed by atoms with E-state index in [9.17, 15) is 23.2 Å². The number of nitrogens with one attached hydrogen (secondary N) is 3. The standard InChI is InChI=1S/C22H20F2N4O4S/c1-32-16-4-2-3-13(7-16)11-25-19(29)9-15-10-20(30)28-22(26-15)33-12-21(31)27-18-6-5-14(23)8-17(18)24/h2-8,10H,9,11-12H2,1H3,(H,25,29)(H,27,31)(H,26,28,30). The lowest BCUT2D eigenvalue weighted by Gasteiger charge is -2.08. The van der Waals surface area contributed by atoms with Crippen LogP contribution in [0.25, 0.3) is 0 Å². The summed E-state index contributed by atoms with van der Waals surface area (Å²) in [4.78, 5) is 42.9. The molecule has 0 aliphatic heterocycles. The molecule has 11 heteroatoms. The number of nitrogens with zero attached hydrogens (tertiary/aromatic N) is 1. The van der Waals surface area contributed by atoms with Crippen molar-refractivity contribution in [1.82, 2.24) is 15.3 Å². The van der Waals surface area contributed by atoms with Crippen molar-refractivity contribution in [2.24, 2.45) is 0 Å². The summed E-state index contributed by atoms with van der Waals surface area (Å²) in [6, 6.07) is 11.2. The smallest absolute Gasteiger partial charge is 0.251 e. The zero-order chi connectivity index (χ0) is 23.8. The summed E-state index contributed by atoms with van der Waals surface area (Å²) in [6.07, 6.45) is -0.131. The molecule has 1 heterocycles. The van der Waals surface area contributed by atoms with Crippen LogP contribution in [-0.4, -0.2) is 34.6 Å². The number of methoxy groups -OCH3 is 1. The maximum Gasteiger partial charge on any atom is 0.251 e. The molecule has 0 bridgehead atoms. The second-order valence-electron chi connectivity index (χ2n) is 6.81. The number of halogens is 2. The predicted octanol–water partition coefficient (Wildman–Crippen LogP) is 2.65. The van der Waals surface area contributed by atoms with Crippen LogP contribution in [-0.2, 0) is 22.6 Å². The number of hydrogen-bond donors (Lipinski definition) is 3. The van der Waals surface area contributed by atoms with Gasteiger partial charge in [0.1, 0.15) is 17.4 Å². The molecule has 3 N–H and O–H groups in total. The van der Waals surface area contributed by atoms with E-state index >= 15 is 0 Å². The molecule has 2 amide bonds. The number of carbonyl (C=O) groups excluding carboxylic acids is 2. The van der Waals surface area contributed by atoms with E-state index in [1.54, 1.807) is 19.2 Å². The lowest BCUT2D eigenvalue weighted by Crippen LogP contribution is -2.26. The van der Waals surface area contributed by atoms with Crippen molar-refractivity contribution in [2.75, 3.05) is 18.2 Å². The molecule has 1 aromatic heterocycles. The highest BCUT2D eigenvalue weighted by Gasteiger charge is 2.12. The molecule has 0 saturated carbocycles. The minimum absolute atomic E-state index is 0.131. The van der Waals surface area contributed by atoms with Crippen molar-refractivity contribution in [3.8, 4) is 5.75 Å². The van der Waals surface area contributed by atoms with Crippen LogP contribution >= 0.6 is 11.8 Å². The average Bonchev–Trinajstić information content (AvgIpc) is 2.78. The highest BCUT2D eigenvalue weighted by atomic mass is 32.2. The van der Waals surface area contributed by atoms with Crippen LogP contribution in [0, 0.1) is 11.6 Å². The lowest BCUT2D eigenvalue weighted by molar-refractivity contribution is -0.120. The fraction of sp³-hybridized carbons (Fsp3) is 0.182. The van der Waals surface area contributed by atoms with Crippen LogP contribution in [0.5, 0.6) is 5.75 Å². The summed E-state index contributed by atoms with van der Waals surface area (Å²) in [5.74, 6) is -2.09. The van der Waals surface area contributed by atoms with Crippen molar-refractivity contribution in [3.05, 3.63) is 81.8 Å². The summed E-state index contributed by atoms with van der Waals surface area (Å²) < 4.78 is 31.7. The molecule has 3 aromatic rings. The zero-order valence-electron chi connectivity index (χ0n) is 17.5. The second-order valence-corrected chi connectivity index (χ2v) is 7.77. The fourth-order valence-corrected chi connectivity index (χ4v) is 3.46. The Morgan fingerprint density at radius 3 is 2.70 bits per heavy atom. The number of ether oxygens (including phenoxy) is 1. The minimum Gasteiger partial charge on any atom is -0.497 e. The topological polar surface area (TPSA) is 113 Å². The Balaban J connectivity index is 1.54.